The zero-order valence-electron chi connectivity index (χ0n) is 10.8. The Morgan fingerprint density at radius 3 is 3.15 bits per heavy atom. The molecule has 1 saturated carbocycles. The molecule has 3 rings (SSSR count). The van der Waals surface area contributed by atoms with E-state index in [0.717, 1.165) is 25.1 Å². The summed E-state index contributed by atoms with van der Waals surface area (Å²) in [6.07, 6.45) is 4.91. The lowest BCUT2D eigenvalue weighted by atomic mass is 10.3. The summed E-state index contributed by atoms with van der Waals surface area (Å²) < 4.78 is 1.58. The van der Waals surface area contributed by atoms with Crippen LogP contribution in [-0.4, -0.2) is 38.1 Å². The van der Waals surface area contributed by atoms with Crippen LogP contribution in [0.3, 0.4) is 0 Å². The third kappa shape index (κ3) is 3.16. The van der Waals surface area contributed by atoms with E-state index in [0.29, 0.717) is 29.9 Å². The average molecular weight is 295 g/mol. The number of amides is 1. The Morgan fingerprint density at radius 2 is 2.35 bits per heavy atom. The maximum Gasteiger partial charge on any atom is 0.255 e. The normalized spacial score (nSPS) is 14.4. The summed E-state index contributed by atoms with van der Waals surface area (Å²) in [6, 6.07) is 2.11. The number of carbonyl (C=O) groups is 1. The number of fused-ring (bicyclic) bond motifs is 1. The molecule has 106 valence electrons. The van der Waals surface area contributed by atoms with Crippen molar-refractivity contribution in [3.63, 3.8) is 0 Å². The lowest BCUT2D eigenvalue weighted by molar-refractivity contribution is -0.121. The lowest BCUT2D eigenvalue weighted by Gasteiger charge is -2.08. The minimum Gasteiger partial charge on any atom is -0.370 e. The molecule has 0 aromatic carbocycles. The summed E-state index contributed by atoms with van der Waals surface area (Å²) in [6.45, 7) is 0.660. The highest BCUT2D eigenvalue weighted by Gasteiger charge is 2.22. The molecule has 1 aliphatic carbocycles. The first-order valence-electron chi connectivity index (χ1n) is 6.62. The van der Waals surface area contributed by atoms with Crippen molar-refractivity contribution in [2.75, 3.05) is 11.9 Å². The van der Waals surface area contributed by atoms with Crippen LogP contribution in [0.15, 0.2) is 12.4 Å². The van der Waals surface area contributed by atoms with Gasteiger partial charge in [-0.05, 0) is 19.3 Å². The van der Waals surface area contributed by atoms with Gasteiger partial charge in [-0.3, -0.25) is 4.79 Å². The zero-order chi connectivity index (χ0) is 13.9. The van der Waals surface area contributed by atoms with Gasteiger partial charge in [0.2, 0.25) is 5.91 Å². The van der Waals surface area contributed by atoms with Crippen LogP contribution in [0.25, 0.3) is 5.78 Å². The van der Waals surface area contributed by atoms with Crippen molar-refractivity contribution in [1.82, 2.24) is 24.9 Å². The summed E-state index contributed by atoms with van der Waals surface area (Å²) >= 11 is 5.91. The molecule has 0 radical (unpaired) electrons. The first-order valence-corrected chi connectivity index (χ1v) is 7.00. The molecule has 8 heteroatoms. The zero-order valence-corrected chi connectivity index (χ0v) is 11.6. The number of nitrogens with zero attached hydrogens (tertiary/aromatic N) is 4. The molecule has 2 aromatic rings. The predicted octanol–water partition coefficient (Wildman–Crippen LogP) is 1.25. The largest absolute Gasteiger partial charge is 0.370 e. The lowest BCUT2D eigenvalue weighted by Crippen LogP contribution is -2.25. The number of anilines is 1. The Bertz CT molecular complexity index is 623. The molecule has 0 spiro atoms. The van der Waals surface area contributed by atoms with Crippen LogP contribution in [0.5, 0.6) is 0 Å². The minimum absolute atomic E-state index is 0.118. The summed E-state index contributed by atoms with van der Waals surface area (Å²) in [5.74, 6) is 1.29. The van der Waals surface area contributed by atoms with Gasteiger partial charge in [0.15, 0.2) is 0 Å². The molecular formula is C12H15ClN6O. The number of nitrogens with one attached hydrogen (secondary N) is 2. The Hall–Kier alpha value is -1.89. The summed E-state index contributed by atoms with van der Waals surface area (Å²) in [5.41, 5.74) is 0. The predicted molar refractivity (Wildman–Crippen MR) is 74.7 cm³/mol. The molecule has 7 nitrogen and oxygen atoms in total. The second kappa shape index (κ2) is 5.62. The van der Waals surface area contributed by atoms with Gasteiger partial charge in [-0.15, -0.1) is 0 Å². The van der Waals surface area contributed by atoms with Gasteiger partial charge in [0, 0.05) is 25.1 Å². The van der Waals surface area contributed by atoms with Crippen molar-refractivity contribution >= 4 is 29.1 Å². The summed E-state index contributed by atoms with van der Waals surface area (Å²) in [4.78, 5) is 19.6. The van der Waals surface area contributed by atoms with E-state index in [9.17, 15) is 4.79 Å². The van der Waals surface area contributed by atoms with E-state index in [1.54, 1.807) is 10.6 Å². The van der Waals surface area contributed by atoms with Crippen LogP contribution in [0, 0.1) is 0 Å². The second-order valence-corrected chi connectivity index (χ2v) is 5.20. The van der Waals surface area contributed by atoms with Crippen LogP contribution in [-0.2, 0) is 4.79 Å². The number of hydrogen-bond donors (Lipinski definition) is 2. The molecule has 1 amide bonds. The van der Waals surface area contributed by atoms with E-state index in [1.165, 1.54) is 6.33 Å². The molecular weight excluding hydrogens is 280 g/mol. The molecule has 0 bridgehead atoms. The van der Waals surface area contributed by atoms with E-state index in [4.69, 9.17) is 11.6 Å². The third-order valence-electron chi connectivity index (χ3n) is 3.05. The van der Waals surface area contributed by atoms with Crippen LogP contribution >= 0.6 is 11.6 Å². The number of halogens is 1. The number of hydrogen-bond acceptors (Lipinski definition) is 5. The maximum atomic E-state index is 11.5. The molecule has 0 aliphatic heterocycles. The minimum atomic E-state index is 0.118. The highest BCUT2D eigenvalue weighted by Crippen LogP contribution is 2.18. The summed E-state index contributed by atoms with van der Waals surface area (Å²) in [7, 11) is 0. The van der Waals surface area contributed by atoms with Gasteiger partial charge < -0.3 is 10.6 Å². The van der Waals surface area contributed by atoms with Crippen LogP contribution in [0.2, 0.25) is 5.15 Å². The fourth-order valence-electron chi connectivity index (χ4n) is 1.90. The monoisotopic (exact) mass is 294 g/mol. The highest BCUT2D eigenvalue weighted by atomic mass is 35.5. The highest BCUT2D eigenvalue weighted by molar-refractivity contribution is 6.29. The van der Waals surface area contributed by atoms with Gasteiger partial charge in [-0.1, -0.05) is 11.6 Å². The molecule has 20 heavy (non-hydrogen) atoms. The van der Waals surface area contributed by atoms with E-state index >= 15 is 0 Å². The topological polar surface area (TPSA) is 84.2 Å². The molecule has 0 unspecified atom stereocenters. The first-order chi connectivity index (χ1) is 9.72. The van der Waals surface area contributed by atoms with Gasteiger partial charge in [-0.25, -0.2) is 0 Å². The van der Waals surface area contributed by atoms with Gasteiger partial charge in [0.1, 0.15) is 17.3 Å². The standard InChI is InChI=1S/C12H15ClN6O/c13-9-6-10(19-12(18-9)15-7-16-19)14-5-1-2-11(20)17-8-3-4-8/h6-8,14H,1-5H2,(H,17,20). The molecule has 2 N–H and O–H groups in total. The van der Waals surface area contributed by atoms with Crippen molar-refractivity contribution in [2.24, 2.45) is 0 Å². The Kier molecular flexibility index (Phi) is 3.68. The van der Waals surface area contributed by atoms with Crippen LogP contribution in [0.4, 0.5) is 5.82 Å². The first kappa shape index (κ1) is 13.1. The smallest absolute Gasteiger partial charge is 0.255 e. The number of rotatable bonds is 6. The fraction of sp³-hybridized carbons (Fsp3) is 0.500. The SMILES string of the molecule is O=C(CCCNc1cc(Cl)nc2ncnn12)NC1CC1. The van der Waals surface area contributed by atoms with Gasteiger partial charge in [0.25, 0.3) is 5.78 Å². The van der Waals surface area contributed by atoms with Gasteiger partial charge in [0.05, 0.1) is 0 Å². The number of carbonyl (C=O) groups excluding carboxylic acids is 1. The van der Waals surface area contributed by atoms with E-state index in [2.05, 4.69) is 25.7 Å². The third-order valence-corrected chi connectivity index (χ3v) is 3.24. The Balaban J connectivity index is 1.51. The van der Waals surface area contributed by atoms with Crippen molar-refractivity contribution in [3.8, 4) is 0 Å². The Labute approximate surface area is 120 Å². The van der Waals surface area contributed by atoms with Crippen molar-refractivity contribution in [3.05, 3.63) is 17.5 Å². The molecule has 0 atom stereocenters. The van der Waals surface area contributed by atoms with Crippen molar-refractivity contribution in [1.29, 1.82) is 0 Å². The van der Waals surface area contributed by atoms with Crippen molar-refractivity contribution < 1.29 is 4.79 Å². The summed E-state index contributed by atoms with van der Waals surface area (Å²) in [5, 5.41) is 10.6. The molecule has 1 fully saturated rings. The van der Waals surface area contributed by atoms with Crippen molar-refractivity contribution in [2.45, 2.75) is 31.7 Å². The van der Waals surface area contributed by atoms with Gasteiger partial charge >= 0.3 is 0 Å². The second-order valence-electron chi connectivity index (χ2n) is 4.81. The fourth-order valence-corrected chi connectivity index (χ4v) is 2.08. The van der Waals surface area contributed by atoms with Crippen LogP contribution in [0.1, 0.15) is 25.7 Å². The molecule has 1 aliphatic rings. The van der Waals surface area contributed by atoms with E-state index < -0.39 is 0 Å². The van der Waals surface area contributed by atoms with Gasteiger partial charge in [-0.2, -0.15) is 19.6 Å². The van der Waals surface area contributed by atoms with Crippen LogP contribution < -0.4 is 10.6 Å². The molecule has 2 aromatic heterocycles. The number of aromatic nitrogens is 4. The quantitative estimate of drug-likeness (QED) is 0.619. The average Bonchev–Trinajstić information content (AvgIpc) is 3.09. The van der Waals surface area contributed by atoms with E-state index in [-0.39, 0.29) is 5.91 Å². The maximum absolute atomic E-state index is 11.5. The Morgan fingerprint density at radius 1 is 1.50 bits per heavy atom. The molecule has 2 heterocycles. The van der Waals surface area contributed by atoms with E-state index in [1.807, 2.05) is 0 Å². The molecule has 0 saturated heterocycles.